The topological polar surface area (TPSA) is 38.3 Å². The van der Waals surface area contributed by atoms with Gasteiger partial charge in [0.05, 0.1) is 6.04 Å². The Bertz CT molecular complexity index is 350. The van der Waals surface area contributed by atoms with Gasteiger partial charge in [-0.3, -0.25) is 4.79 Å². The highest BCUT2D eigenvalue weighted by molar-refractivity contribution is 5.88. The molecule has 1 fully saturated rings. The van der Waals surface area contributed by atoms with Crippen LogP contribution in [0, 0.1) is 5.82 Å². The number of ether oxygens (including phenoxy) is 1. The van der Waals surface area contributed by atoms with E-state index in [-0.39, 0.29) is 17.8 Å². The fraction of sp³-hybridized carbons (Fsp3) is 0.300. The predicted molar refractivity (Wildman–Crippen MR) is 48.1 cm³/mol. The smallest absolute Gasteiger partial charge is 0.252 e. The molecule has 14 heavy (non-hydrogen) atoms. The van der Waals surface area contributed by atoms with Crippen LogP contribution in [-0.2, 0) is 9.53 Å². The summed E-state index contributed by atoms with van der Waals surface area (Å²) in [6.07, 6.45) is -0.444. The molecule has 1 amide bonds. The van der Waals surface area contributed by atoms with Gasteiger partial charge in [0, 0.05) is 7.11 Å². The number of nitrogens with one attached hydrogen (secondary N) is 1. The second-order valence-corrected chi connectivity index (χ2v) is 3.19. The third-order valence-corrected chi connectivity index (χ3v) is 2.34. The quantitative estimate of drug-likeness (QED) is 0.715. The zero-order valence-corrected chi connectivity index (χ0v) is 7.66. The standard InChI is InChI=1S/C10H10FNO2/c1-14-9-8(12-10(9)13)6-2-4-7(11)5-3-6/h2-5,8-9H,1H3,(H,12,13). The molecule has 4 heteroatoms. The van der Waals surface area contributed by atoms with Crippen molar-refractivity contribution in [3.05, 3.63) is 35.6 Å². The van der Waals surface area contributed by atoms with Crippen LogP contribution in [0.1, 0.15) is 11.6 Å². The molecular weight excluding hydrogens is 185 g/mol. The average Bonchev–Trinajstić information content (AvgIpc) is 2.16. The molecule has 0 aromatic heterocycles. The molecule has 2 atom stereocenters. The van der Waals surface area contributed by atoms with Gasteiger partial charge < -0.3 is 10.1 Å². The summed E-state index contributed by atoms with van der Waals surface area (Å²) in [4.78, 5) is 11.0. The highest BCUT2D eigenvalue weighted by atomic mass is 19.1. The lowest BCUT2D eigenvalue weighted by molar-refractivity contribution is -0.145. The number of carbonyl (C=O) groups excluding carboxylic acids is 1. The highest BCUT2D eigenvalue weighted by Crippen LogP contribution is 2.26. The zero-order valence-electron chi connectivity index (χ0n) is 7.66. The molecule has 2 rings (SSSR count). The Morgan fingerprint density at radius 2 is 2.00 bits per heavy atom. The number of methoxy groups -OCH3 is 1. The van der Waals surface area contributed by atoms with Crippen molar-refractivity contribution >= 4 is 5.91 Å². The van der Waals surface area contributed by atoms with Gasteiger partial charge in [-0.2, -0.15) is 0 Å². The van der Waals surface area contributed by atoms with E-state index in [0.717, 1.165) is 5.56 Å². The van der Waals surface area contributed by atoms with Crippen LogP contribution in [0.5, 0.6) is 0 Å². The predicted octanol–water partition coefficient (Wildman–Crippen LogP) is 1.01. The van der Waals surface area contributed by atoms with Gasteiger partial charge in [0.2, 0.25) is 0 Å². The Balaban J connectivity index is 2.17. The number of hydrogen-bond donors (Lipinski definition) is 1. The van der Waals surface area contributed by atoms with Crippen LogP contribution < -0.4 is 5.32 Å². The molecule has 1 N–H and O–H groups in total. The number of rotatable bonds is 2. The Kier molecular flexibility index (Phi) is 2.21. The van der Waals surface area contributed by atoms with E-state index in [4.69, 9.17) is 4.74 Å². The van der Waals surface area contributed by atoms with Gasteiger partial charge in [-0.05, 0) is 17.7 Å². The van der Waals surface area contributed by atoms with Crippen molar-refractivity contribution in [2.45, 2.75) is 12.1 Å². The normalized spacial score (nSPS) is 25.4. The van der Waals surface area contributed by atoms with Crippen molar-refractivity contribution < 1.29 is 13.9 Å². The first-order valence-corrected chi connectivity index (χ1v) is 4.31. The molecule has 0 radical (unpaired) electrons. The second-order valence-electron chi connectivity index (χ2n) is 3.19. The van der Waals surface area contributed by atoms with Crippen LogP contribution in [0.4, 0.5) is 4.39 Å². The van der Waals surface area contributed by atoms with Crippen LogP contribution >= 0.6 is 0 Å². The minimum Gasteiger partial charge on any atom is -0.369 e. The maximum atomic E-state index is 12.6. The summed E-state index contributed by atoms with van der Waals surface area (Å²) in [5.74, 6) is -0.407. The lowest BCUT2D eigenvalue weighted by atomic mass is 9.94. The van der Waals surface area contributed by atoms with E-state index < -0.39 is 6.10 Å². The molecule has 1 aliphatic rings. The number of amides is 1. The molecule has 1 heterocycles. The summed E-state index contributed by atoms with van der Waals surface area (Å²) >= 11 is 0. The summed E-state index contributed by atoms with van der Waals surface area (Å²) in [5.41, 5.74) is 0.859. The van der Waals surface area contributed by atoms with Crippen LogP contribution in [-0.4, -0.2) is 19.1 Å². The second kappa shape index (κ2) is 3.38. The van der Waals surface area contributed by atoms with Gasteiger partial charge in [0.1, 0.15) is 5.82 Å². The van der Waals surface area contributed by atoms with Gasteiger partial charge in [-0.15, -0.1) is 0 Å². The summed E-state index contributed by atoms with van der Waals surface area (Å²) in [6, 6.07) is 5.88. The molecule has 0 saturated carbocycles. The molecule has 74 valence electrons. The third kappa shape index (κ3) is 1.37. The van der Waals surface area contributed by atoms with Crippen molar-refractivity contribution in [2.24, 2.45) is 0 Å². The maximum Gasteiger partial charge on any atom is 0.252 e. The van der Waals surface area contributed by atoms with E-state index in [1.54, 1.807) is 12.1 Å². The lowest BCUT2D eigenvalue weighted by Gasteiger charge is -2.35. The van der Waals surface area contributed by atoms with Gasteiger partial charge in [-0.1, -0.05) is 12.1 Å². The Labute approximate surface area is 80.9 Å². The molecule has 3 nitrogen and oxygen atoms in total. The number of benzene rings is 1. The number of hydrogen-bond acceptors (Lipinski definition) is 2. The van der Waals surface area contributed by atoms with Crippen LogP contribution in [0.15, 0.2) is 24.3 Å². The van der Waals surface area contributed by atoms with E-state index in [0.29, 0.717) is 0 Å². The summed E-state index contributed by atoms with van der Waals surface area (Å²) in [6.45, 7) is 0. The van der Waals surface area contributed by atoms with Crippen molar-refractivity contribution in [3.63, 3.8) is 0 Å². The van der Waals surface area contributed by atoms with Gasteiger partial charge >= 0.3 is 0 Å². The summed E-state index contributed by atoms with van der Waals surface area (Å²) in [7, 11) is 1.49. The fourth-order valence-electron chi connectivity index (χ4n) is 1.54. The molecule has 1 saturated heterocycles. The minimum absolute atomic E-state index is 0.123. The number of carbonyl (C=O) groups is 1. The van der Waals surface area contributed by atoms with E-state index in [1.807, 2.05) is 0 Å². The third-order valence-electron chi connectivity index (χ3n) is 2.34. The van der Waals surface area contributed by atoms with Gasteiger partial charge in [0.15, 0.2) is 6.10 Å². The minimum atomic E-state index is -0.444. The number of halogens is 1. The SMILES string of the molecule is COC1C(=O)NC1c1ccc(F)cc1. The van der Waals surface area contributed by atoms with Crippen LogP contribution in [0.2, 0.25) is 0 Å². The van der Waals surface area contributed by atoms with Gasteiger partial charge in [-0.25, -0.2) is 4.39 Å². The van der Waals surface area contributed by atoms with E-state index in [9.17, 15) is 9.18 Å². The molecular formula is C10H10FNO2. The molecule has 1 aromatic rings. The van der Waals surface area contributed by atoms with Crippen molar-refractivity contribution in [2.75, 3.05) is 7.11 Å². The first-order chi connectivity index (χ1) is 6.72. The molecule has 1 aromatic carbocycles. The Hall–Kier alpha value is -1.42. The number of β-lactam (4-membered cyclic amide) rings is 1. The van der Waals surface area contributed by atoms with E-state index >= 15 is 0 Å². The van der Waals surface area contributed by atoms with Gasteiger partial charge in [0.25, 0.3) is 5.91 Å². The largest absolute Gasteiger partial charge is 0.369 e. The lowest BCUT2D eigenvalue weighted by Crippen LogP contribution is -2.56. The van der Waals surface area contributed by atoms with Crippen LogP contribution in [0.25, 0.3) is 0 Å². The Morgan fingerprint density at radius 3 is 2.50 bits per heavy atom. The fourth-order valence-corrected chi connectivity index (χ4v) is 1.54. The molecule has 2 unspecified atom stereocenters. The van der Waals surface area contributed by atoms with Crippen LogP contribution in [0.3, 0.4) is 0 Å². The molecule has 0 bridgehead atoms. The zero-order chi connectivity index (χ0) is 10.1. The van der Waals surface area contributed by atoms with E-state index in [2.05, 4.69) is 5.32 Å². The van der Waals surface area contributed by atoms with Crippen molar-refractivity contribution in [1.82, 2.24) is 5.32 Å². The first kappa shape index (κ1) is 9.15. The summed E-state index contributed by atoms with van der Waals surface area (Å²) in [5, 5.41) is 2.69. The highest BCUT2D eigenvalue weighted by Gasteiger charge is 2.40. The first-order valence-electron chi connectivity index (χ1n) is 4.31. The molecule has 0 spiro atoms. The monoisotopic (exact) mass is 195 g/mol. The Morgan fingerprint density at radius 1 is 1.36 bits per heavy atom. The average molecular weight is 195 g/mol. The maximum absolute atomic E-state index is 12.6. The van der Waals surface area contributed by atoms with E-state index in [1.165, 1.54) is 19.2 Å². The van der Waals surface area contributed by atoms with Crippen molar-refractivity contribution in [3.8, 4) is 0 Å². The molecule has 1 aliphatic heterocycles. The van der Waals surface area contributed by atoms with Crippen molar-refractivity contribution in [1.29, 1.82) is 0 Å². The summed E-state index contributed by atoms with van der Waals surface area (Å²) < 4.78 is 17.6. The molecule has 0 aliphatic carbocycles.